The molecule has 0 aliphatic rings. The number of nitrogens with one attached hydrogen (secondary N) is 1. The number of carbonyl (C=O) groups is 1. The first-order chi connectivity index (χ1) is 8.73. The van der Waals surface area contributed by atoms with Gasteiger partial charge in [-0.1, -0.05) is 17.7 Å². The molecule has 0 radical (unpaired) electrons. The van der Waals surface area contributed by atoms with Gasteiger partial charge in [0.15, 0.2) is 0 Å². The lowest BCUT2D eigenvalue weighted by molar-refractivity contribution is 0.0326. The van der Waals surface area contributed by atoms with Crippen LogP contribution in [0.5, 0.6) is 0 Å². The molecule has 1 aromatic rings. The van der Waals surface area contributed by atoms with Crippen LogP contribution in [0.25, 0.3) is 0 Å². The zero-order valence-corrected chi connectivity index (χ0v) is 13.5. The topological polar surface area (TPSA) is 52.6 Å². The largest absolute Gasteiger partial charge is 0.387 e. The van der Waals surface area contributed by atoms with Crippen LogP contribution in [0.1, 0.15) is 17.3 Å². The van der Waals surface area contributed by atoms with E-state index in [-0.39, 0.29) is 12.5 Å². The van der Waals surface area contributed by atoms with Gasteiger partial charge in [-0.2, -0.15) is 0 Å². The van der Waals surface area contributed by atoms with Gasteiger partial charge in [0.1, 0.15) is 0 Å². The average molecular weight is 350 g/mol. The van der Waals surface area contributed by atoms with Crippen molar-refractivity contribution in [3.05, 3.63) is 33.3 Å². The van der Waals surface area contributed by atoms with Crippen molar-refractivity contribution in [3.63, 3.8) is 0 Å². The van der Waals surface area contributed by atoms with Crippen molar-refractivity contribution in [1.82, 2.24) is 10.2 Å². The lowest BCUT2D eigenvalue weighted by Gasteiger charge is -2.27. The van der Waals surface area contributed by atoms with Gasteiger partial charge in [-0.3, -0.25) is 4.79 Å². The number of halogens is 2. The van der Waals surface area contributed by atoms with E-state index in [0.717, 1.165) is 0 Å². The minimum absolute atomic E-state index is 0.160. The number of amides is 1. The van der Waals surface area contributed by atoms with Crippen LogP contribution in [-0.2, 0) is 0 Å². The normalized spacial score (nSPS) is 14.3. The maximum absolute atomic E-state index is 12.0. The monoisotopic (exact) mass is 348 g/mol. The standard InChI is InChI=1S/C13H18BrClN2O2/c1-13(19,8-17(2)3)7-16-12(18)9-5-4-6-10(14)11(9)15/h4-6,19H,7-8H2,1-3H3,(H,16,18). The molecule has 1 aromatic carbocycles. The second-order valence-electron chi connectivity index (χ2n) is 5.02. The molecule has 1 unspecified atom stereocenters. The van der Waals surface area contributed by atoms with Gasteiger partial charge < -0.3 is 15.3 Å². The molecule has 0 saturated heterocycles. The molecule has 0 spiro atoms. The third-order valence-electron chi connectivity index (χ3n) is 2.48. The summed E-state index contributed by atoms with van der Waals surface area (Å²) in [4.78, 5) is 13.9. The van der Waals surface area contributed by atoms with E-state index >= 15 is 0 Å². The van der Waals surface area contributed by atoms with E-state index in [1.54, 1.807) is 25.1 Å². The van der Waals surface area contributed by atoms with Crippen molar-refractivity contribution in [2.24, 2.45) is 0 Å². The van der Waals surface area contributed by atoms with Crippen LogP contribution >= 0.6 is 27.5 Å². The minimum atomic E-state index is -0.988. The number of aliphatic hydroxyl groups is 1. The Labute approximate surface area is 126 Å². The summed E-state index contributed by atoms with van der Waals surface area (Å²) in [5.41, 5.74) is -0.603. The zero-order chi connectivity index (χ0) is 14.6. The molecule has 1 atom stereocenters. The maximum Gasteiger partial charge on any atom is 0.252 e. The van der Waals surface area contributed by atoms with Crippen LogP contribution in [0, 0.1) is 0 Å². The highest BCUT2D eigenvalue weighted by Gasteiger charge is 2.23. The highest BCUT2D eigenvalue weighted by Crippen LogP contribution is 2.25. The number of hydrogen-bond acceptors (Lipinski definition) is 3. The number of rotatable bonds is 5. The van der Waals surface area contributed by atoms with Crippen LogP contribution in [0.4, 0.5) is 0 Å². The molecule has 0 aliphatic heterocycles. The molecule has 106 valence electrons. The van der Waals surface area contributed by atoms with Crippen molar-refractivity contribution >= 4 is 33.4 Å². The third kappa shape index (κ3) is 5.10. The van der Waals surface area contributed by atoms with Gasteiger partial charge in [-0.25, -0.2) is 0 Å². The smallest absolute Gasteiger partial charge is 0.252 e. The Kier molecular flexibility index (Phi) is 5.80. The summed E-state index contributed by atoms with van der Waals surface area (Å²) in [5, 5.41) is 13.2. The van der Waals surface area contributed by atoms with Crippen LogP contribution in [0.2, 0.25) is 5.02 Å². The number of hydrogen-bond donors (Lipinski definition) is 2. The fraction of sp³-hybridized carbons (Fsp3) is 0.462. The van der Waals surface area contributed by atoms with Gasteiger partial charge in [0, 0.05) is 17.6 Å². The predicted molar refractivity (Wildman–Crippen MR) is 80.7 cm³/mol. The van der Waals surface area contributed by atoms with Crippen LogP contribution in [0.3, 0.4) is 0 Å². The molecule has 0 heterocycles. The summed E-state index contributed by atoms with van der Waals surface area (Å²) in [6.07, 6.45) is 0. The lowest BCUT2D eigenvalue weighted by atomic mass is 10.1. The first-order valence-electron chi connectivity index (χ1n) is 5.82. The number of carbonyl (C=O) groups excluding carboxylic acids is 1. The Balaban J connectivity index is 2.68. The van der Waals surface area contributed by atoms with Crippen LogP contribution < -0.4 is 5.32 Å². The number of likely N-dealkylation sites (N-methyl/N-ethyl adjacent to an activating group) is 1. The Morgan fingerprint density at radius 2 is 2.16 bits per heavy atom. The molecular weight excluding hydrogens is 332 g/mol. The highest BCUT2D eigenvalue weighted by atomic mass is 79.9. The van der Waals surface area contributed by atoms with E-state index in [0.29, 0.717) is 21.6 Å². The lowest BCUT2D eigenvalue weighted by Crippen LogP contribution is -2.47. The summed E-state index contributed by atoms with van der Waals surface area (Å²) >= 11 is 9.31. The van der Waals surface area contributed by atoms with Gasteiger partial charge in [-0.15, -0.1) is 0 Å². The van der Waals surface area contributed by atoms with E-state index in [1.807, 2.05) is 19.0 Å². The van der Waals surface area contributed by atoms with Crippen molar-refractivity contribution in [3.8, 4) is 0 Å². The first kappa shape index (κ1) is 16.4. The van der Waals surface area contributed by atoms with E-state index in [4.69, 9.17) is 11.6 Å². The molecule has 19 heavy (non-hydrogen) atoms. The Morgan fingerprint density at radius 1 is 1.53 bits per heavy atom. The van der Waals surface area contributed by atoms with E-state index in [9.17, 15) is 9.90 Å². The molecule has 0 fully saturated rings. The molecule has 2 N–H and O–H groups in total. The second-order valence-corrected chi connectivity index (χ2v) is 6.25. The van der Waals surface area contributed by atoms with E-state index < -0.39 is 5.60 Å². The Morgan fingerprint density at radius 3 is 2.74 bits per heavy atom. The highest BCUT2D eigenvalue weighted by molar-refractivity contribution is 9.10. The quantitative estimate of drug-likeness (QED) is 0.856. The first-order valence-corrected chi connectivity index (χ1v) is 6.99. The number of nitrogens with zero attached hydrogens (tertiary/aromatic N) is 1. The summed E-state index contributed by atoms with van der Waals surface area (Å²) in [7, 11) is 3.73. The molecule has 0 aromatic heterocycles. The molecule has 6 heteroatoms. The van der Waals surface area contributed by atoms with Crippen LogP contribution in [-0.4, -0.2) is 48.7 Å². The molecule has 1 amide bonds. The maximum atomic E-state index is 12.0. The minimum Gasteiger partial charge on any atom is -0.387 e. The van der Waals surface area contributed by atoms with E-state index in [1.165, 1.54) is 0 Å². The predicted octanol–water partition coefficient (Wildman–Crippen LogP) is 2.14. The zero-order valence-electron chi connectivity index (χ0n) is 11.2. The molecule has 1 rings (SSSR count). The fourth-order valence-electron chi connectivity index (χ4n) is 1.78. The van der Waals surface area contributed by atoms with Crippen molar-refractivity contribution < 1.29 is 9.90 Å². The molecule has 0 saturated carbocycles. The molecular formula is C13H18BrClN2O2. The Bertz CT molecular complexity index is 464. The number of benzene rings is 1. The van der Waals surface area contributed by atoms with Gasteiger partial charge in [0.05, 0.1) is 16.2 Å². The van der Waals surface area contributed by atoms with E-state index in [2.05, 4.69) is 21.2 Å². The third-order valence-corrected chi connectivity index (χ3v) is 3.78. The molecule has 4 nitrogen and oxygen atoms in total. The van der Waals surface area contributed by atoms with Gasteiger partial charge in [-0.05, 0) is 49.1 Å². The average Bonchev–Trinajstić information content (AvgIpc) is 2.28. The molecule has 0 aliphatic carbocycles. The SMILES string of the molecule is CN(C)CC(C)(O)CNC(=O)c1cccc(Br)c1Cl. The van der Waals surface area contributed by atoms with Gasteiger partial charge in [0.2, 0.25) is 0 Å². The second kappa shape index (κ2) is 6.70. The summed E-state index contributed by atoms with van der Waals surface area (Å²) in [6, 6.07) is 5.15. The van der Waals surface area contributed by atoms with Crippen molar-refractivity contribution in [1.29, 1.82) is 0 Å². The summed E-state index contributed by atoms with van der Waals surface area (Å²) in [6.45, 7) is 2.29. The van der Waals surface area contributed by atoms with Gasteiger partial charge in [0.25, 0.3) is 5.91 Å². The Hall–Kier alpha value is -0.620. The van der Waals surface area contributed by atoms with Crippen molar-refractivity contribution in [2.75, 3.05) is 27.2 Å². The van der Waals surface area contributed by atoms with Crippen molar-refractivity contribution in [2.45, 2.75) is 12.5 Å². The van der Waals surface area contributed by atoms with Gasteiger partial charge >= 0.3 is 0 Å². The summed E-state index contributed by atoms with van der Waals surface area (Å²) < 4.78 is 0.668. The molecule has 0 bridgehead atoms. The van der Waals surface area contributed by atoms with Crippen LogP contribution in [0.15, 0.2) is 22.7 Å². The fourth-order valence-corrected chi connectivity index (χ4v) is 2.36. The summed E-state index contributed by atoms with van der Waals surface area (Å²) in [5.74, 6) is -0.301.